The van der Waals surface area contributed by atoms with Crippen LogP contribution in [0.4, 0.5) is 17.5 Å². The van der Waals surface area contributed by atoms with Gasteiger partial charge in [-0.2, -0.15) is 10.4 Å². The molecule has 0 fully saturated rings. The van der Waals surface area contributed by atoms with E-state index in [0.717, 1.165) is 41.3 Å². The summed E-state index contributed by atoms with van der Waals surface area (Å²) < 4.78 is 1.71. The highest BCUT2D eigenvalue weighted by atomic mass is 15.3. The third-order valence-corrected chi connectivity index (χ3v) is 4.05. The van der Waals surface area contributed by atoms with Gasteiger partial charge in [0.1, 0.15) is 11.9 Å². The number of rotatable bonds is 3. The maximum Gasteiger partial charge on any atom is 0.228 e. The zero-order chi connectivity index (χ0) is 16.5. The Hall–Kier alpha value is -3.40. The summed E-state index contributed by atoms with van der Waals surface area (Å²) in [5, 5.41) is 19.9. The van der Waals surface area contributed by atoms with Crippen LogP contribution in [-0.4, -0.2) is 26.3 Å². The van der Waals surface area contributed by atoms with Crippen molar-refractivity contribution in [2.75, 3.05) is 17.2 Å². The van der Waals surface area contributed by atoms with Crippen LogP contribution in [0, 0.1) is 11.3 Å². The molecular weight excluding hydrogens is 302 g/mol. The van der Waals surface area contributed by atoms with Gasteiger partial charge in [-0.05, 0) is 30.2 Å². The molecule has 0 bridgehead atoms. The van der Waals surface area contributed by atoms with E-state index in [-0.39, 0.29) is 0 Å². The maximum atomic E-state index is 9.38. The van der Waals surface area contributed by atoms with Crippen LogP contribution in [0.25, 0.3) is 11.3 Å². The Bertz CT molecular complexity index is 952. The number of aryl methyl sites for hydroxylation is 1. The van der Waals surface area contributed by atoms with Gasteiger partial charge in [0.25, 0.3) is 0 Å². The van der Waals surface area contributed by atoms with E-state index in [0.29, 0.717) is 11.5 Å². The standard InChI is InChI=1S/C17H15N7/c1-24-15(4-7-21-24)23-17-20-6-3-14(22-17)12-8-11-2-5-19-16(11)13(9-12)10-18/h3-4,6-9,19H,2,5H2,1H3,(H,20,22,23). The van der Waals surface area contributed by atoms with Crippen LogP contribution in [0.1, 0.15) is 11.1 Å². The average molecular weight is 317 g/mol. The lowest BCUT2D eigenvalue weighted by Crippen LogP contribution is -2.03. The van der Waals surface area contributed by atoms with E-state index < -0.39 is 0 Å². The Morgan fingerprint density at radius 2 is 2.21 bits per heavy atom. The van der Waals surface area contributed by atoms with Gasteiger partial charge in [0.2, 0.25) is 5.95 Å². The molecule has 3 aromatic rings. The predicted molar refractivity (Wildman–Crippen MR) is 90.9 cm³/mol. The van der Waals surface area contributed by atoms with Crippen molar-refractivity contribution in [2.45, 2.75) is 6.42 Å². The number of anilines is 3. The monoisotopic (exact) mass is 317 g/mol. The molecule has 1 aromatic carbocycles. The van der Waals surface area contributed by atoms with Crippen molar-refractivity contribution in [3.63, 3.8) is 0 Å². The molecule has 3 heterocycles. The molecule has 0 spiro atoms. The smallest absolute Gasteiger partial charge is 0.228 e. The fourth-order valence-corrected chi connectivity index (χ4v) is 2.86. The van der Waals surface area contributed by atoms with Gasteiger partial charge in [0.15, 0.2) is 0 Å². The van der Waals surface area contributed by atoms with Crippen LogP contribution in [0.5, 0.6) is 0 Å². The lowest BCUT2D eigenvalue weighted by atomic mass is 10.0. The Kier molecular flexibility index (Phi) is 3.35. The lowest BCUT2D eigenvalue weighted by molar-refractivity contribution is 0.775. The molecule has 0 unspecified atom stereocenters. The SMILES string of the molecule is Cn1nccc1Nc1nccc(-c2cc(C#N)c3c(c2)CCN3)n1. The highest BCUT2D eigenvalue weighted by Gasteiger charge is 2.17. The van der Waals surface area contributed by atoms with Gasteiger partial charge in [-0.15, -0.1) is 0 Å². The molecule has 7 nitrogen and oxygen atoms in total. The normalized spacial score (nSPS) is 12.3. The van der Waals surface area contributed by atoms with E-state index in [2.05, 4.69) is 37.8 Å². The summed E-state index contributed by atoms with van der Waals surface area (Å²) in [4.78, 5) is 8.82. The molecule has 24 heavy (non-hydrogen) atoms. The first kappa shape index (κ1) is 14.2. The summed E-state index contributed by atoms with van der Waals surface area (Å²) in [7, 11) is 1.85. The lowest BCUT2D eigenvalue weighted by Gasteiger charge is -2.09. The van der Waals surface area contributed by atoms with Crippen LogP contribution in [0.3, 0.4) is 0 Å². The summed E-state index contributed by atoms with van der Waals surface area (Å²) in [5.41, 5.74) is 4.46. The van der Waals surface area contributed by atoms with E-state index >= 15 is 0 Å². The molecule has 0 atom stereocenters. The molecular formula is C17H15N7. The fraction of sp³-hybridized carbons (Fsp3) is 0.176. The minimum absolute atomic E-state index is 0.494. The van der Waals surface area contributed by atoms with Crippen molar-refractivity contribution in [3.8, 4) is 17.3 Å². The second kappa shape index (κ2) is 5.66. The molecule has 0 aliphatic carbocycles. The van der Waals surface area contributed by atoms with Crippen LogP contribution in [0.15, 0.2) is 36.7 Å². The Morgan fingerprint density at radius 3 is 3.00 bits per heavy atom. The minimum Gasteiger partial charge on any atom is -0.383 e. The van der Waals surface area contributed by atoms with Gasteiger partial charge in [0, 0.05) is 31.4 Å². The second-order valence-electron chi connectivity index (χ2n) is 5.58. The number of aromatic nitrogens is 4. The van der Waals surface area contributed by atoms with Crippen LogP contribution in [-0.2, 0) is 13.5 Å². The minimum atomic E-state index is 0.494. The first-order valence-electron chi connectivity index (χ1n) is 7.64. The van der Waals surface area contributed by atoms with Crippen molar-refractivity contribution < 1.29 is 0 Å². The highest BCUT2D eigenvalue weighted by Crippen LogP contribution is 2.31. The quantitative estimate of drug-likeness (QED) is 0.771. The van der Waals surface area contributed by atoms with Crippen LogP contribution >= 0.6 is 0 Å². The summed E-state index contributed by atoms with van der Waals surface area (Å²) in [6.07, 6.45) is 4.33. The van der Waals surface area contributed by atoms with E-state index in [1.165, 1.54) is 0 Å². The Morgan fingerprint density at radius 1 is 1.29 bits per heavy atom. The molecule has 0 radical (unpaired) electrons. The molecule has 1 aliphatic heterocycles. The van der Waals surface area contributed by atoms with Crippen LogP contribution < -0.4 is 10.6 Å². The van der Waals surface area contributed by atoms with Crippen molar-refractivity contribution in [1.29, 1.82) is 5.26 Å². The molecule has 0 saturated heterocycles. The van der Waals surface area contributed by atoms with Crippen molar-refractivity contribution in [1.82, 2.24) is 19.7 Å². The zero-order valence-corrected chi connectivity index (χ0v) is 13.1. The van der Waals surface area contributed by atoms with Gasteiger partial charge >= 0.3 is 0 Å². The van der Waals surface area contributed by atoms with Gasteiger partial charge in [0.05, 0.1) is 23.1 Å². The van der Waals surface area contributed by atoms with Gasteiger partial charge < -0.3 is 10.6 Å². The zero-order valence-electron chi connectivity index (χ0n) is 13.1. The first-order chi connectivity index (χ1) is 11.7. The Labute approximate surface area is 139 Å². The third kappa shape index (κ3) is 2.44. The fourth-order valence-electron chi connectivity index (χ4n) is 2.86. The maximum absolute atomic E-state index is 9.38. The molecule has 2 aromatic heterocycles. The van der Waals surface area contributed by atoms with Crippen molar-refractivity contribution >= 4 is 17.5 Å². The first-order valence-corrected chi connectivity index (χ1v) is 7.64. The van der Waals surface area contributed by atoms with E-state index in [4.69, 9.17) is 0 Å². The molecule has 4 rings (SSSR count). The topological polar surface area (TPSA) is 91.5 Å². The average Bonchev–Trinajstić information content (AvgIpc) is 3.23. The third-order valence-electron chi connectivity index (χ3n) is 4.05. The van der Waals surface area contributed by atoms with E-state index in [9.17, 15) is 5.26 Å². The molecule has 2 N–H and O–H groups in total. The highest BCUT2D eigenvalue weighted by molar-refractivity contribution is 5.74. The summed E-state index contributed by atoms with van der Waals surface area (Å²) in [5.74, 6) is 1.30. The second-order valence-corrected chi connectivity index (χ2v) is 5.58. The molecule has 0 amide bonds. The molecule has 118 valence electrons. The number of nitriles is 1. The van der Waals surface area contributed by atoms with E-state index in [1.807, 2.05) is 25.2 Å². The van der Waals surface area contributed by atoms with Crippen molar-refractivity contribution in [2.24, 2.45) is 7.05 Å². The molecule has 0 saturated carbocycles. The van der Waals surface area contributed by atoms with Gasteiger partial charge in [-0.3, -0.25) is 4.68 Å². The number of fused-ring (bicyclic) bond motifs is 1. The van der Waals surface area contributed by atoms with Crippen molar-refractivity contribution in [3.05, 3.63) is 47.8 Å². The number of nitrogens with one attached hydrogen (secondary N) is 2. The predicted octanol–water partition coefficient (Wildman–Crippen LogP) is 2.46. The number of hydrogen-bond donors (Lipinski definition) is 2. The Balaban J connectivity index is 1.72. The summed E-state index contributed by atoms with van der Waals surface area (Å²) in [6, 6.07) is 9.92. The number of hydrogen-bond acceptors (Lipinski definition) is 6. The summed E-state index contributed by atoms with van der Waals surface area (Å²) in [6.45, 7) is 0.866. The van der Waals surface area contributed by atoms with Gasteiger partial charge in [-0.1, -0.05) is 0 Å². The van der Waals surface area contributed by atoms with E-state index in [1.54, 1.807) is 17.1 Å². The summed E-state index contributed by atoms with van der Waals surface area (Å²) >= 11 is 0. The van der Waals surface area contributed by atoms with Gasteiger partial charge in [-0.25, -0.2) is 9.97 Å². The molecule has 1 aliphatic rings. The van der Waals surface area contributed by atoms with Crippen LogP contribution in [0.2, 0.25) is 0 Å². The number of nitrogens with zero attached hydrogens (tertiary/aromatic N) is 5. The molecule has 7 heteroatoms. The number of benzene rings is 1. The largest absolute Gasteiger partial charge is 0.383 e.